The maximum Gasteiger partial charge on any atom is 0.174 e. The fourth-order valence-corrected chi connectivity index (χ4v) is 3.72. The van der Waals surface area contributed by atoms with E-state index in [0.29, 0.717) is 17.4 Å². The molecule has 0 fully saturated rings. The van der Waals surface area contributed by atoms with E-state index in [1.54, 1.807) is 13.3 Å². The van der Waals surface area contributed by atoms with Gasteiger partial charge in [0.1, 0.15) is 6.61 Å². The Kier molecular flexibility index (Phi) is 7.37. The monoisotopic (exact) mass is 569 g/mol. The molecule has 0 heterocycles. The summed E-state index contributed by atoms with van der Waals surface area (Å²) in [5, 5.41) is 0.707. The lowest BCUT2D eigenvalue weighted by Crippen LogP contribution is -2.00. The highest BCUT2D eigenvalue weighted by molar-refractivity contribution is 14.1. The Morgan fingerprint density at radius 1 is 1.11 bits per heavy atom. The fourth-order valence-electron chi connectivity index (χ4n) is 2.50. The van der Waals surface area contributed by atoms with Gasteiger partial charge in [0.2, 0.25) is 0 Å². The molecule has 0 atom stereocenters. The topological polar surface area (TPSA) is 30.8 Å². The molecular weight excluding hydrogens is 553 g/mol. The molecule has 0 aliphatic heterocycles. The summed E-state index contributed by atoms with van der Waals surface area (Å²) in [6, 6.07) is 17.7. The number of aliphatic imine (C=N–C) groups is 1. The molecule has 3 rings (SSSR count). The van der Waals surface area contributed by atoms with Crippen LogP contribution in [0.2, 0.25) is 5.02 Å². The van der Waals surface area contributed by atoms with E-state index in [9.17, 15) is 0 Å². The molecule has 3 nitrogen and oxygen atoms in total. The smallest absolute Gasteiger partial charge is 0.174 e. The summed E-state index contributed by atoms with van der Waals surface area (Å²) in [6.45, 7) is 2.44. The average Bonchev–Trinajstić information content (AvgIpc) is 2.69. The van der Waals surface area contributed by atoms with Crippen LogP contribution in [0, 0.1) is 10.5 Å². The van der Waals surface area contributed by atoms with Crippen molar-refractivity contribution in [1.82, 2.24) is 0 Å². The number of ether oxygens (including phenoxy) is 2. The van der Waals surface area contributed by atoms with Gasteiger partial charge in [-0.25, -0.2) is 0 Å². The van der Waals surface area contributed by atoms with Crippen LogP contribution in [-0.4, -0.2) is 13.3 Å². The molecule has 3 aromatic rings. The van der Waals surface area contributed by atoms with Gasteiger partial charge in [0.05, 0.1) is 16.4 Å². The van der Waals surface area contributed by atoms with Gasteiger partial charge in [0.15, 0.2) is 11.5 Å². The number of benzene rings is 3. The highest BCUT2D eigenvalue weighted by Crippen LogP contribution is 2.34. The molecule has 0 amide bonds. The summed E-state index contributed by atoms with van der Waals surface area (Å²) in [7, 11) is 1.64. The van der Waals surface area contributed by atoms with Gasteiger partial charge < -0.3 is 9.47 Å². The molecule has 0 bridgehead atoms. The first-order chi connectivity index (χ1) is 13.5. The molecule has 0 saturated carbocycles. The number of methoxy groups -OCH3 is 1. The maximum absolute atomic E-state index is 6.17. The predicted octanol–water partition coefficient (Wildman–Crippen LogP) is 7.35. The molecule has 0 aromatic heterocycles. The molecule has 144 valence electrons. The number of nitrogens with zero attached hydrogens (tertiary/aromatic N) is 1. The summed E-state index contributed by atoms with van der Waals surface area (Å²) in [5.41, 5.74) is 3.85. The van der Waals surface area contributed by atoms with Crippen molar-refractivity contribution in [2.75, 3.05) is 7.11 Å². The molecule has 0 saturated heterocycles. The Bertz CT molecular complexity index is 1010. The molecule has 6 heteroatoms. The van der Waals surface area contributed by atoms with Crippen molar-refractivity contribution < 1.29 is 9.47 Å². The van der Waals surface area contributed by atoms with Gasteiger partial charge in [0, 0.05) is 15.7 Å². The Hall–Kier alpha value is -1.57. The molecule has 3 aromatic carbocycles. The van der Waals surface area contributed by atoms with Crippen LogP contribution in [0.1, 0.15) is 16.7 Å². The summed E-state index contributed by atoms with van der Waals surface area (Å²) in [6.07, 6.45) is 1.80. The van der Waals surface area contributed by atoms with Crippen molar-refractivity contribution in [3.8, 4) is 11.5 Å². The zero-order valence-electron chi connectivity index (χ0n) is 15.4. The van der Waals surface area contributed by atoms with Crippen molar-refractivity contribution in [2.45, 2.75) is 13.5 Å². The molecule has 28 heavy (non-hydrogen) atoms. The number of halogens is 3. The quantitative estimate of drug-likeness (QED) is 0.229. The lowest BCUT2D eigenvalue weighted by molar-refractivity contribution is 0.282. The summed E-state index contributed by atoms with van der Waals surface area (Å²) in [5.74, 6) is 1.40. The first-order valence-corrected chi connectivity index (χ1v) is 10.8. The zero-order chi connectivity index (χ0) is 20.1. The van der Waals surface area contributed by atoms with Crippen LogP contribution in [0.25, 0.3) is 0 Å². The van der Waals surface area contributed by atoms with E-state index in [1.807, 2.05) is 61.5 Å². The Labute approximate surface area is 192 Å². The van der Waals surface area contributed by atoms with Gasteiger partial charge in [-0.3, -0.25) is 4.99 Å². The third kappa shape index (κ3) is 5.49. The third-order valence-electron chi connectivity index (χ3n) is 4.07. The fraction of sp³-hybridized carbons (Fsp3) is 0.136. The normalized spacial score (nSPS) is 11.0. The van der Waals surface area contributed by atoms with Crippen molar-refractivity contribution in [1.29, 1.82) is 0 Å². The third-order valence-corrected chi connectivity index (χ3v) is 5.80. The molecule has 0 unspecified atom stereocenters. The molecule has 0 radical (unpaired) electrons. The summed E-state index contributed by atoms with van der Waals surface area (Å²) >= 11 is 11.9. The minimum absolute atomic E-state index is 0.467. The highest BCUT2D eigenvalue weighted by atomic mass is 127. The molecule has 0 aliphatic rings. The number of hydrogen-bond donors (Lipinski definition) is 0. The molecule has 0 spiro atoms. The van der Waals surface area contributed by atoms with E-state index in [2.05, 4.69) is 43.5 Å². The zero-order valence-corrected chi connectivity index (χ0v) is 19.9. The number of hydrogen-bond acceptors (Lipinski definition) is 3. The van der Waals surface area contributed by atoms with Crippen molar-refractivity contribution in [3.63, 3.8) is 0 Å². The van der Waals surface area contributed by atoms with Crippen LogP contribution in [0.4, 0.5) is 5.69 Å². The number of rotatable bonds is 6. The molecular formula is C22H18BrClINO2. The highest BCUT2D eigenvalue weighted by Gasteiger charge is 2.11. The molecule has 0 aliphatic carbocycles. The minimum atomic E-state index is 0.467. The largest absolute Gasteiger partial charge is 0.493 e. The average molecular weight is 571 g/mol. The van der Waals surface area contributed by atoms with Gasteiger partial charge in [0.25, 0.3) is 0 Å². The Balaban J connectivity index is 1.79. The van der Waals surface area contributed by atoms with E-state index < -0.39 is 0 Å². The maximum atomic E-state index is 6.17. The van der Waals surface area contributed by atoms with E-state index >= 15 is 0 Å². The van der Waals surface area contributed by atoms with Crippen LogP contribution >= 0.6 is 50.1 Å². The lowest BCUT2D eigenvalue weighted by Gasteiger charge is -2.13. The van der Waals surface area contributed by atoms with Crippen LogP contribution in [-0.2, 0) is 6.61 Å². The Morgan fingerprint density at radius 3 is 2.54 bits per heavy atom. The summed E-state index contributed by atoms with van der Waals surface area (Å²) < 4.78 is 13.6. The van der Waals surface area contributed by atoms with Crippen molar-refractivity contribution in [3.05, 3.63) is 84.4 Å². The van der Waals surface area contributed by atoms with Gasteiger partial charge in [-0.1, -0.05) is 45.7 Å². The van der Waals surface area contributed by atoms with Gasteiger partial charge in [-0.2, -0.15) is 0 Å². The second-order valence-corrected chi connectivity index (χ2v) is 8.63. The van der Waals surface area contributed by atoms with E-state index in [0.717, 1.165) is 36.2 Å². The second-order valence-electron chi connectivity index (χ2n) is 6.14. The standard InChI is InChI=1S/C22H18BrClINO2/c1-14-3-8-18(11-19(14)24)26-12-16-9-20(25)22(21(10-16)27-2)28-13-15-4-6-17(23)7-5-15/h3-12H,13H2,1-2H3. The lowest BCUT2D eigenvalue weighted by atomic mass is 10.2. The van der Waals surface area contributed by atoms with Gasteiger partial charge >= 0.3 is 0 Å². The van der Waals surface area contributed by atoms with E-state index in [4.69, 9.17) is 21.1 Å². The second kappa shape index (κ2) is 9.76. The van der Waals surface area contributed by atoms with Crippen LogP contribution < -0.4 is 9.47 Å². The first-order valence-electron chi connectivity index (χ1n) is 8.51. The Morgan fingerprint density at radius 2 is 1.86 bits per heavy atom. The van der Waals surface area contributed by atoms with Crippen molar-refractivity contribution in [2.24, 2.45) is 4.99 Å². The minimum Gasteiger partial charge on any atom is -0.493 e. The number of aryl methyl sites for hydroxylation is 1. The predicted molar refractivity (Wildman–Crippen MR) is 128 cm³/mol. The van der Waals surface area contributed by atoms with Crippen LogP contribution in [0.5, 0.6) is 11.5 Å². The van der Waals surface area contributed by atoms with Gasteiger partial charge in [-0.05, 0) is 82.6 Å². The van der Waals surface area contributed by atoms with Crippen LogP contribution in [0.3, 0.4) is 0 Å². The molecule has 0 N–H and O–H groups in total. The van der Waals surface area contributed by atoms with E-state index in [1.165, 1.54) is 0 Å². The van der Waals surface area contributed by atoms with Crippen LogP contribution in [0.15, 0.2) is 64.1 Å². The van der Waals surface area contributed by atoms with Gasteiger partial charge in [-0.15, -0.1) is 0 Å². The van der Waals surface area contributed by atoms with E-state index in [-0.39, 0.29) is 0 Å². The van der Waals surface area contributed by atoms with Crippen molar-refractivity contribution >= 4 is 62.0 Å². The SMILES string of the molecule is COc1cc(C=Nc2ccc(C)c(Cl)c2)cc(I)c1OCc1ccc(Br)cc1. The first kappa shape index (κ1) is 21.1. The summed E-state index contributed by atoms with van der Waals surface area (Å²) in [4.78, 5) is 4.51.